The molecule has 3 rings (SSSR count). The van der Waals surface area contributed by atoms with Crippen LogP contribution in [0.4, 0.5) is 0 Å². The zero-order chi connectivity index (χ0) is 43.9. The molecule has 11 heteroatoms. The van der Waals surface area contributed by atoms with Crippen LogP contribution in [0, 0.1) is 35.4 Å². The van der Waals surface area contributed by atoms with E-state index in [1.165, 1.54) is 14.7 Å². The van der Waals surface area contributed by atoms with Crippen LogP contribution in [0.15, 0.2) is 54.6 Å². The van der Waals surface area contributed by atoms with Crippen molar-refractivity contribution in [1.29, 1.82) is 0 Å². The molecule has 0 aromatic heterocycles. The number of rotatable bonds is 12. The van der Waals surface area contributed by atoms with Gasteiger partial charge in [-0.15, -0.1) is 0 Å². The molecule has 0 aliphatic rings. The van der Waals surface area contributed by atoms with Crippen LogP contribution in [0.2, 0.25) is 0 Å². The van der Waals surface area contributed by atoms with Gasteiger partial charge in [-0.25, -0.2) is 0 Å². The molecule has 0 radical (unpaired) electrons. The van der Waals surface area contributed by atoms with Gasteiger partial charge in [0.15, 0.2) is 0 Å². The number of benzene rings is 3. The maximum Gasteiger partial charge on any atom is 0.309 e. The lowest BCUT2D eigenvalue weighted by Crippen LogP contribution is -2.28. The second-order valence-corrected chi connectivity index (χ2v) is 20.9. The fraction of sp³-hybridized carbons (Fsp3) is 0.543. The van der Waals surface area contributed by atoms with Crippen molar-refractivity contribution in [2.24, 2.45) is 17.8 Å². The van der Waals surface area contributed by atoms with Crippen LogP contribution < -0.4 is 4.74 Å². The Kier molecular flexibility index (Phi) is 22.4. The molecule has 0 unspecified atom stereocenters. The Morgan fingerprint density at radius 2 is 0.930 bits per heavy atom. The first-order valence-corrected chi connectivity index (χ1v) is 22.7. The largest absolute Gasteiger partial charge is 0.508 e. The SMILES string of the molecule is CCCOc1ccc(I)c(C[C@H](C)C(=O)OC(C)(C)C)c1.C[C@@H](Cc1cc(O)ccc1I)C(=O)OC(C)(C)C.Cc1ccc(I)c(C[C@H](C)C(=O)OC(C)(C)C)c1. The lowest BCUT2D eigenvalue weighted by Gasteiger charge is -2.22. The highest BCUT2D eigenvalue weighted by Crippen LogP contribution is 2.25. The second kappa shape index (κ2) is 24.2. The number of carbonyl (C=O) groups is 3. The first-order valence-electron chi connectivity index (χ1n) is 19.4. The van der Waals surface area contributed by atoms with Crippen molar-refractivity contribution in [3.05, 3.63) is 87.6 Å². The molecular formula is C46H65I3O8. The van der Waals surface area contributed by atoms with Gasteiger partial charge in [0.1, 0.15) is 28.3 Å². The molecule has 57 heavy (non-hydrogen) atoms. The summed E-state index contributed by atoms with van der Waals surface area (Å²) in [7, 11) is 0. The van der Waals surface area contributed by atoms with Crippen molar-refractivity contribution in [3.8, 4) is 11.5 Å². The Bertz CT molecular complexity index is 1670. The highest BCUT2D eigenvalue weighted by Gasteiger charge is 2.25. The van der Waals surface area contributed by atoms with Gasteiger partial charge in [-0.1, -0.05) is 45.4 Å². The molecule has 0 fully saturated rings. The van der Waals surface area contributed by atoms with E-state index in [9.17, 15) is 19.5 Å². The summed E-state index contributed by atoms with van der Waals surface area (Å²) in [5.74, 6) is 0.100. The van der Waals surface area contributed by atoms with Crippen LogP contribution in [0.25, 0.3) is 0 Å². The molecule has 0 saturated carbocycles. The highest BCUT2D eigenvalue weighted by atomic mass is 127. The summed E-state index contributed by atoms with van der Waals surface area (Å²) in [5, 5.41) is 9.46. The summed E-state index contributed by atoms with van der Waals surface area (Å²) in [6, 6.07) is 17.5. The van der Waals surface area contributed by atoms with Gasteiger partial charge in [0.25, 0.3) is 0 Å². The van der Waals surface area contributed by atoms with Crippen molar-refractivity contribution in [3.63, 3.8) is 0 Å². The number of esters is 3. The van der Waals surface area contributed by atoms with Gasteiger partial charge in [-0.3, -0.25) is 14.4 Å². The monoisotopic (exact) mass is 1130 g/mol. The normalized spacial score (nSPS) is 13.1. The van der Waals surface area contributed by atoms with E-state index in [4.69, 9.17) is 18.9 Å². The highest BCUT2D eigenvalue weighted by molar-refractivity contribution is 14.1. The lowest BCUT2D eigenvalue weighted by molar-refractivity contribution is -0.160. The van der Waals surface area contributed by atoms with Crippen LogP contribution in [-0.4, -0.2) is 46.4 Å². The fourth-order valence-corrected chi connectivity index (χ4v) is 6.71. The number of phenols is 1. The van der Waals surface area contributed by atoms with Crippen LogP contribution >= 0.6 is 67.8 Å². The van der Waals surface area contributed by atoms with Gasteiger partial charge in [-0.05, 0) is 222 Å². The van der Waals surface area contributed by atoms with E-state index in [0.717, 1.165) is 36.9 Å². The number of aryl methyl sites for hydroxylation is 1. The molecule has 3 aromatic carbocycles. The third-order valence-electron chi connectivity index (χ3n) is 7.73. The Morgan fingerprint density at radius 3 is 1.32 bits per heavy atom. The van der Waals surface area contributed by atoms with E-state index in [1.807, 2.05) is 107 Å². The number of hydrogen-bond donors (Lipinski definition) is 1. The maximum atomic E-state index is 12.1. The minimum atomic E-state index is -0.461. The van der Waals surface area contributed by atoms with Crippen molar-refractivity contribution in [2.45, 2.75) is 139 Å². The zero-order valence-electron chi connectivity index (χ0n) is 36.4. The number of carbonyl (C=O) groups excluding carboxylic acids is 3. The third-order valence-corrected chi connectivity index (χ3v) is 10.9. The molecular weight excluding hydrogens is 1060 g/mol. The van der Waals surface area contributed by atoms with Crippen molar-refractivity contribution >= 4 is 85.7 Å². The minimum absolute atomic E-state index is 0.112. The van der Waals surface area contributed by atoms with E-state index < -0.39 is 16.8 Å². The number of aromatic hydroxyl groups is 1. The summed E-state index contributed by atoms with van der Waals surface area (Å²) < 4.78 is 25.2. The van der Waals surface area contributed by atoms with Gasteiger partial charge < -0.3 is 24.1 Å². The molecule has 0 spiro atoms. The van der Waals surface area contributed by atoms with Crippen molar-refractivity contribution in [2.75, 3.05) is 6.61 Å². The molecule has 0 bridgehead atoms. The average molecular weight is 1130 g/mol. The summed E-state index contributed by atoms with van der Waals surface area (Å²) >= 11 is 6.80. The Hall–Kier alpha value is -2.14. The van der Waals surface area contributed by atoms with Gasteiger partial charge in [0, 0.05) is 10.7 Å². The first-order chi connectivity index (χ1) is 26.1. The molecule has 0 aliphatic heterocycles. The smallest absolute Gasteiger partial charge is 0.309 e. The van der Waals surface area contributed by atoms with Gasteiger partial charge in [0.2, 0.25) is 0 Å². The summed E-state index contributed by atoms with van der Waals surface area (Å²) in [6.45, 7) is 27.5. The molecule has 0 amide bonds. The minimum Gasteiger partial charge on any atom is -0.508 e. The molecule has 0 saturated heterocycles. The Morgan fingerprint density at radius 1 is 0.579 bits per heavy atom. The van der Waals surface area contributed by atoms with Gasteiger partial charge in [0.05, 0.1) is 24.4 Å². The van der Waals surface area contributed by atoms with E-state index in [-0.39, 0.29) is 41.4 Å². The van der Waals surface area contributed by atoms with E-state index in [1.54, 1.807) is 12.1 Å². The number of ether oxygens (including phenoxy) is 4. The Balaban J connectivity index is 0.000000429. The van der Waals surface area contributed by atoms with Crippen LogP contribution in [-0.2, 0) is 47.9 Å². The van der Waals surface area contributed by atoms with Crippen molar-refractivity contribution < 1.29 is 38.4 Å². The quantitative estimate of drug-likeness (QED) is 0.109. The van der Waals surface area contributed by atoms with E-state index in [2.05, 4.69) is 99.8 Å². The summed E-state index contributed by atoms with van der Waals surface area (Å²) in [6.07, 6.45) is 2.95. The molecule has 1 N–H and O–H groups in total. The zero-order valence-corrected chi connectivity index (χ0v) is 42.9. The molecule has 8 nitrogen and oxygen atoms in total. The molecule has 3 aromatic rings. The standard InChI is InChI=1S/C17H25IO3.C15H21IO2.C14H19IO3/c1-6-9-20-14-7-8-15(18)13(11-14)10-12(2)16(19)21-17(3,4)5;1-10-6-7-13(16)12(8-10)9-11(2)14(17)18-15(3,4)5;1-9(13(17)18-14(2,3)4)7-10-8-11(16)5-6-12(10)15/h7-8,11-12H,6,9-10H2,1-5H3;6-8,11H,9H2,1-5H3;5-6,8-9,16H,7H2,1-4H3/t12-;11-;9-/m000/s1. The van der Waals surface area contributed by atoms with Crippen molar-refractivity contribution in [1.82, 2.24) is 0 Å². The number of phenolic OH excluding ortho intramolecular Hbond substituents is 1. The number of hydrogen-bond acceptors (Lipinski definition) is 8. The summed E-state index contributed by atoms with van der Waals surface area (Å²) in [4.78, 5) is 35.9. The lowest BCUT2D eigenvalue weighted by atomic mass is 9.99. The molecule has 3 atom stereocenters. The second-order valence-electron chi connectivity index (χ2n) is 17.4. The topological polar surface area (TPSA) is 108 Å². The van der Waals surface area contributed by atoms with Gasteiger partial charge >= 0.3 is 17.9 Å². The maximum absolute atomic E-state index is 12.1. The fourth-order valence-electron chi connectivity index (χ4n) is 5.04. The molecule has 0 aliphatic carbocycles. The predicted molar refractivity (Wildman–Crippen MR) is 256 cm³/mol. The van der Waals surface area contributed by atoms with Gasteiger partial charge in [-0.2, -0.15) is 0 Å². The Labute approximate surface area is 383 Å². The molecule has 318 valence electrons. The van der Waals surface area contributed by atoms with E-state index >= 15 is 0 Å². The third kappa shape index (κ3) is 22.7. The molecule has 0 heterocycles. The first kappa shape index (κ1) is 52.9. The van der Waals surface area contributed by atoms with Crippen LogP contribution in [0.5, 0.6) is 11.5 Å². The van der Waals surface area contributed by atoms with E-state index in [0.29, 0.717) is 19.4 Å². The average Bonchev–Trinajstić information content (AvgIpc) is 3.06. The number of halogens is 3. The van der Waals surface area contributed by atoms with Crippen LogP contribution in [0.3, 0.4) is 0 Å². The van der Waals surface area contributed by atoms with Crippen LogP contribution in [0.1, 0.15) is 119 Å². The predicted octanol–water partition coefficient (Wildman–Crippen LogP) is 12.2. The summed E-state index contributed by atoms with van der Waals surface area (Å²) in [5.41, 5.74) is 3.22.